The van der Waals surface area contributed by atoms with Crippen LogP contribution >= 0.6 is 0 Å². The van der Waals surface area contributed by atoms with E-state index >= 15 is 0 Å². The van der Waals surface area contributed by atoms with Crippen molar-refractivity contribution in [3.05, 3.63) is 28.4 Å². The van der Waals surface area contributed by atoms with E-state index in [1.807, 2.05) is 0 Å². The minimum Gasteiger partial charge on any atom is -0.312 e. The smallest absolute Gasteiger partial charge is 0.312 e. The molecule has 46 valence electrons. The zero-order valence-electron chi connectivity index (χ0n) is 4.50. The largest absolute Gasteiger partial charge is 0.344 e. The highest BCUT2D eigenvalue weighted by molar-refractivity contribution is 5.73. The summed E-state index contributed by atoms with van der Waals surface area (Å²) in [4.78, 5) is 25.8. The first-order valence-electron chi connectivity index (χ1n) is 2.33. The van der Waals surface area contributed by atoms with Crippen molar-refractivity contribution in [1.29, 1.82) is 0 Å². The van der Waals surface area contributed by atoms with Crippen molar-refractivity contribution in [3.63, 3.8) is 0 Å². The lowest BCUT2D eigenvalue weighted by Gasteiger charge is -1.82. The summed E-state index contributed by atoms with van der Waals surface area (Å²) in [7, 11) is 0. The summed E-state index contributed by atoms with van der Waals surface area (Å²) >= 11 is 0. The van der Waals surface area contributed by atoms with E-state index in [4.69, 9.17) is 0 Å². The number of hydrogen-bond acceptors (Lipinski definition) is 3. The van der Waals surface area contributed by atoms with Gasteiger partial charge in [-0.15, -0.1) is 0 Å². The number of H-pyrrole nitrogens is 1. The number of hydrogen-bond donors (Lipinski definition) is 1. The van der Waals surface area contributed by atoms with Gasteiger partial charge in [0.2, 0.25) is 0 Å². The standard InChI is InChI=1S/C5H4N2O2/c8-3-4-1-6-5(9)7-2-4/h1-3H,(H,6,7,9). The Hall–Kier alpha value is -1.45. The molecule has 0 saturated heterocycles. The quantitative estimate of drug-likeness (QED) is 0.517. The number of carbonyl (C=O) groups excluding carboxylic acids is 1. The first-order valence-corrected chi connectivity index (χ1v) is 2.33. The second-order valence-corrected chi connectivity index (χ2v) is 1.47. The Labute approximate surface area is 50.6 Å². The van der Waals surface area contributed by atoms with Crippen LogP contribution in [0.15, 0.2) is 17.2 Å². The summed E-state index contributed by atoms with van der Waals surface area (Å²) in [6.07, 6.45) is 3.14. The molecule has 0 radical (unpaired) electrons. The molecule has 4 heteroatoms. The van der Waals surface area contributed by atoms with Gasteiger partial charge < -0.3 is 4.98 Å². The van der Waals surface area contributed by atoms with Gasteiger partial charge in [0.05, 0.1) is 0 Å². The summed E-state index contributed by atoms with van der Waals surface area (Å²) in [6, 6.07) is 0. The first-order chi connectivity index (χ1) is 4.33. The minimum absolute atomic E-state index is 0.370. The molecule has 0 spiro atoms. The van der Waals surface area contributed by atoms with Crippen molar-refractivity contribution < 1.29 is 4.79 Å². The molecule has 0 aromatic carbocycles. The predicted octanol–water partition coefficient (Wildman–Crippen LogP) is -0.418. The maximum Gasteiger partial charge on any atom is 0.344 e. The number of nitrogens with zero attached hydrogens (tertiary/aromatic N) is 1. The topological polar surface area (TPSA) is 62.8 Å². The molecule has 0 bridgehead atoms. The van der Waals surface area contributed by atoms with E-state index in [1.54, 1.807) is 0 Å². The Balaban J connectivity index is 3.16. The number of aromatic amines is 1. The Morgan fingerprint density at radius 2 is 2.44 bits per heavy atom. The Morgan fingerprint density at radius 1 is 1.67 bits per heavy atom. The van der Waals surface area contributed by atoms with Gasteiger partial charge in [-0.25, -0.2) is 9.78 Å². The molecule has 0 aliphatic heterocycles. The second kappa shape index (κ2) is 2.21. The lowest BCUT2D eigenvalue weighted by atomic mass is 10.4. The Kier molecular flexibility index (Phi) is 1.40. The van der Waals surface area contributed by atoms with E-state index in [0.717, 1.165) is 0 Å². The van der Waals surface area contributed by atoms with Gasteiger partial charge in [-0.3, -0.25) is 4.79 Å². The summed E-state index contributed by atoms with van der Waals surface area (Å²) in [5, 5.41) is 0. The van der Waals surface area contributed by atoms with Crippen LogP contribution < -0.4 is 5.69 Å². The van der Waals surface area contributed by atoms with E-state index in [1.165, 1.54) is 12.4 Å². The highest BCUT2D eigenvalue weighted by Gasteiger charge is 1.86. The number of nitrogens with one attached hydrogen (secondary N) is 1. The molecule has 0 unspecified atom stereocenters. The molecule has 1 rings (SSSR count). The predicted molar refractivity (Wildman–Crippen MR) is 30.2 cm³/mol. The lowest BCUT2D eigenvalue weighted by Crippen LogP contribution is -2.08. The van der Waals surface area contributed by atoms with Crippen LogP contribution in [0.25, 0.3) is 0 Å². The van der Waals surface area contributed by atoms with E-state index in [9.17, 15) is 9.59 Å². The van der Waals surface area contributed by atoms with Crippen LogP contribution in [0.2, 0.25) is 0 Å². The Bertz CT molecular complexity index is 245. The third-order valence-electron chi connectivity index (χ3n) is 0.829. The fourth-order valence-electron chi connectivity index (χ4n) is 0.417. The van der Waals surface area contributed by atoms with Crippen LogP contribution in [0.3, 0.4) is 0 Å². The molecule has 1 heterocycles. The molecule has 0 aliphatic carbocycles. The molecular formula is C5H4N2O2. The number of aromatic nitrogens is 2. The monoisotopic (exact) mass is 124 g/mol. The minimum atomic E-state index is -0.444. The highest BCUT2D eigenvalue weighted by Crippen LogP contribution is 1.80. The third kappa shape index (κ3) is 1.22. The SMILES string of the molecule is O=Cc1cnc(=O)[nH]c1. The van der Waals surface area contributed by atoms with Crippen molar-refractivity contribution >= 4 is 6.29 Å². The average molecular weight is 124 g/mol. The van der Waals surface area contributed by atoms with Gasteiger partial charge in [0, 0.05) is 18.0 Å². The fourth-order valence-corrected chi connectivity index (χ4v) is 0.417. The van der Waals surface area contributed by atoms with Crippen molar-refractivity contribution in [3.8, 4) is 0 Å². The van der Waals surface area contributed by atoms with Gasteiger partial charge in [-0.05, 0) is 0 Å². The third-order valence-corrected chi connectivity index (χ3v) is 0.829. The van der Waals surface area contributed by atoms with Crippen molar-refractivity contribution in [1.82, 2.24) is 9.97 Å². The zero-order chi connectivity index (χ0) is 6.69. The summed E-state index contributed by atoms with van der Waals surface area (Å²) in [5.74, 6) is 0. The first kappa shape index (κ1) is 5.68. The van der Waals surface area contributed by atoms with Gasteiger partial charge in [-0.2, -0.15) is 0 Å². The molecular weight excluding hydrogens is 120 g/mol. The molecule has 0 amide bonds. The number of aldehydes is 1. The molecule has 0 atom stereocenters. The average Bonchev–Trinajstić information content (AvgIpc) is 1.90. The van der Waals surface area contributed by atoms with Crippen LogP contribution in [0.1, 0.15) is 10.4 Å². The van der Waals surface area contributed by atoms with Gasteiger partial charge in [0.25, 0.3) is 0 Å². The van der Waals surface area contributed by atoms with Crippen LogP contribution in [-0.4, -0.2) is 16.3 Å². The van der Waals surface area contributed by atoms with Gasteiger partial charge in [0.15, 0.2) is 6.29 Å². The maximum absolute atomic E-state index is 10.3. The van der Waals surface area contributed by atoms with Crippen LogP contribution in [-0.2, 0) is 0 Å². The molecule has 0 fully saturated rings. The molecule has 0 saturated carbocycles. The van der Waals surface area contributed by atoms with Crippen molar-refractivity contribution in [2.24, 2.45) is 0 Å². The Morgan fingerprint density at radius 3 is 2.89 bits per heavy atom. The summed E-state index contributed by atoms with van der Waals surface area (Å²) in [5.41, 5.74) is -0.0739. The highest BCUT2D eigenvalue weighted by atomic mass is 16.1. The second-order valence-electron chi connectivity index (χ2n) is 1.47. The molecule has 4 nitrogen and oxygen atoms in total. The van der Waals surface area contributed by atoms with Crippen molar-refractivity contribution in [2.45, 2.75) is 0 Å². The van der Waals surface area contributed by atoms with Crippen LogP contribution in [0.4, 0.5) is 0 Å². The van der Waals surface area contributed by atoms with Gasteiger partial charge >= 0.3 is 5.69 Å². The number of rotatable bonds is 1. The van der Waals surface area contributed by atoms with Gasteiger partial charge in [0.1, 0.15) is 0 Å². The molecule has 1 aromatic heterocycles. The number of carbonyl (C=O) groups is 1. The van der Waals surface area contributed by atoms with Gasteiger partial charge in [-0.1, -0.05) is 0 Å². The molecule has 1 aromatic rings. The molecule has 9 heavy (non-hydrogen) atoms. The summed E-state index contributed by atoms with van der Waals surface area (Å²) in [6.45, 7) is 0. The van der Waals surface area contributed by atoms with Crippen LogP contribution in [0, 0.1) is 0 Å². The molecule has 0 aliphatic rings. The maximum atomic E-state index is 10.3. The van der Waals surface area contributed by atoms with Crippen LogP contribution in [0.5, 0.6) is 0 Å². The van der Waals surface area contributed by atoms with E-state index in [0.29, 0.717) is 11.8 Å². The van der Waals surface area contributed by atoms with Crippen molar-refractivity contribution in [2.75, 3.05) is 0 Å². The van der Waals surface area contributed by atoms with E-state index in [-0.39, 0.29) is 0 Å². The molecule has 1 N–H and O–H groups in total. The summed E-state index contributed by atoms with van der Waals surface area (Å²) < 4.78 is 0. The zero-order valence-corrected chi connectivity index (χ0v) is 4.50. The van der Waals surface area contributed by atoms with E-state index in [2.05, 4.69) is 9.97 Å². The van der Waals surface area contributed by atoms with E-state index < -0.39 is 5.69 Å². The fraction of sp³-hybridized carbons (Fsp3) is 0. The normalized spacial score (nSPS) is 8.89. The lowest BCUT2D eigenvalue weighted by molar-refractivity contribution is 0.112.